The summed E-state index contributed by atoms with van der Waals surface area (Å²) < 4.78 is 16.1. The standard InChI is InChI=1S/C27H39NO5/c1-8-18-15-28-13-12-27(4,23(28)14-21(18)22(16-31-5)26(30)33-7)25(29)20-11-9-10-19(17(2)3)24(20)32-6/h9-11,16-18,21,23H,8,12-15H2,1-7H3/b22-16+/t18-,21+,23?,27-/m1/s1. The fraction of sp³-hybridized carbons (Fsp3) is 0.630. The maximum atomic E-state index is 14.1. The van der Waals surface area contributed by atoms with Crippen LogP contribution in [-0.2, 0) is 14.3 Å². The van der Waals surface area contributed by atoms with Crippen molar-refractivity contribution in [1.82, 2.24) is 4.90 Å². The monoisotopic (exact) mass is 457 g/mol. The lowest BCUT2D eigenvalue weighted by atomic mass is 9.68. The van der Waals surface area contributed by atoms with Gasteiger partial charge in [-0.25, -0.2) is 4.79 Å². The molecular formula is C27H39NO5. The Kier molecular flexibility index (Phi) is 7.88. The minimum Gasteiger partial charge on any atom is -0.504 e. The van der Waals surface area contributed by atoms with Crippen molar-refractivity contribution in [3.63, 3.8) is 0 Å². The summed E-state index contributed by atoms with van der Waals surface area (Å²) >= 11 is 0. The number of nitrogens with zero attached hydrogens (tertiary/aromatic N) is 1. The van der Waals surface area contributed by atoms with Crippen LogP contribution in [-0.4, -0.2) is 57.1 Å². The Hall–Kier alpha value is -2.34. The van der Waals surface area contributed by atoms with Crippen molar-refractivity contribution in [2.45, 2.75) is 58.9 Å². The first kappa shape index (κ1) is 25.3. The van der Waals surface area contributed by atoms with Crippen LogP contribution in [0.25, 0.3) is 0 Å². The molecule has 6 heteroatoms. The van der Waals surface area contributed by atoms with Crippen molar-refractivity contribution in [3.05, 3.63) is 41.2 Å². The summed E-state index contributed by atoms with van der Waals surface area (Å²) in [6.07, 6.45) is 3.98. The van der Waals surface area contributed by atoms with Gasteiger partial charge in [-0.3, -0.25) is 9.69 Å². The first-order valence-electron chi connectivity index (χ1n) is 12.0. The SMILES string of the molecule is CC[C@@H]1CN2CC[C@@](C)(C(=O)c3cccc(C(C)C)c3OC)C2C[C@@H]1/C(=C\OC)C(=O)OC. The van der Waals surface area contributed by atoms with Gasteiger partial charge in [0, 0.05) is 18.0 Å². The van der Waals surface area contributed by atoms with Crippen LogP contribution in [0.5, 0.6) is 5.75 Å². The molecule has 2 saturated heterocycles. The Bertz CT molecular complexity index is 908. The lowest BCUT2D eigenvalue weighted by Gasteiger charge is -2.45. The number of para-hydroxylation sites is 1. The quantitative estimate of drug-likeness (QED) is 0.241. The first-order valence-corrected chi connectivity index (χ1v) is 12.0. The fourth-order valence-corrected chi connectivity index (χ4v) is 5.91. The molecule has 6 nitrogen and oxygen atoms in total. The molecule has 1 aromatic rings. The zero-order valence-electron chi connectivity index (χ0n) is 21.1. The van der Waals surface area contributed by atoms with Gasteiger partial charge in [-0.05, 0) is 48.8 Å². The summed E-state index contributed by atoms with van der Waals surface area (Å²) in [5.41, 5.74) is 1.70. The molecule has 0 saturated carbocycles. The molecule has 0 bridgehead atoms. The molecule has 182 valence electrons. The second-order valence-electron chi connectivity index (χ2n) is 9.90. The Morgan fingerprint density at radius 3 is 2.55 bits per heavy atom. The first-order chi connectivity index (χ1) is 15.7. The third kappa shape index (κ3) is 4.54. The number of carbonyl (C=O) groups is 2. The van der Waals surface area contributed by atoms with Gasteiger partial charge in [0.2, 0.25) is 0 Å². The Labute approximate surface area is 198 Å². The van der Waals surface area contributed by atoms with Gasteiger partial charge in [0.15, 0.2) is 5.78 Å². The average Bonchev–Trinajstić information content (AvgIpc) is 3.16. The van der Waals surface area contributed by atoms with Gasteiger partial charge in [0.05, 0.1) is 38.7 Å². The van der Waals surface area contributed by atoms with E-state index in [4.69, 9.17) is 14.2 Å². The molecule has 4 atom stereocenters. The average molecular weight is 458 g/mol. The molecule has 0 aliphatic carbocycles. The smallest absolute Gasteiger partial charge is 0.337 e. The molecule has 2 heterocycles. The molecule has 0 spiro atoms. The van der Waals surface area contributed by atoms with Crippen molar-refractivity contribution in [2.24, 2.45) is 17.3 Å². The van der Waals surface area contributed by atoms with E-state index in [2.05, 4.69) is 32.6 Å². The van der Waals surface area contributed by atoms with Crippen molar-refractivity contribution >= 4 is 11.8 Å². The van der Waals surface area contributed by atoms with Crippen LogP contribution in [0, 0.1) is 17.3 Å². The van der Waals surface area contributed by atoms with Crippen LogP contribution in [0.15, 0.2) is 30.0 Å². The lowest BCUT2D eigenvalue weighted by molar-refractivity contribution is -0.137. The Morgan fingerprint density at radius 1 is 1.24 bits per heavy atom. The van der Waals surface area contributed by atoms with Gasteiger partial charge in [-0.2, -0.15) is 0 Å². The molecule has 2 fully saturated rings. The molecule has 1 unspecified atom stereocenters. The van der Waals surface area contributed by atoms with Gasteiger partial charge >= 0.3 is 5.97 Å². The Morgan fingerprint density at radius 2 is 1.97 bits per heavy atom. The van der Waals surface area contributed by atoms with Crippen molar-refractivity contribution in [1.29, 1.82) is 0 Å². The molecule has 0 amide bonds. The molecule has 0 N–H and O–H groups in total. The number of fused-ring (bicyclic) bond motifs is 1. The van der Waals surface area contributed by atoms with E-state index >= 15 is 0 Å². The molecule has 33 heavy (non-hydrogen) atoms. The fourth-order valence-electron chi connectivity index (χ4n) is 5.91. The van der Waals surface area contributed by atoms with E-state index in [1.165, 1.54) is 13.4 Å². The summed E-state index contributed by atoms with van der Waals surface area (Å²) in [7, 11) is 4.59. The van der Waals surface area contributed by atoms with Gasteiger partial charge in [-0.15, -0.1) is 0 Å². The second-order valence-corrected chi connectivity index (χ2v) is 9.90. The number of rotatable bonds is 8. The molecule has 2 aliphatic rings. The van der Waals surface area contributed by atoms with E-state index in [-0.39, 0.29) is 29.6 Å². The Balaban J connectivity index is 2.00. The molecular weight excluding hydrogens is 418 g/mol. The zero-order valence-corrected chi connectivity index (χ0v) is 21.1. The number of methoxy groups -OCH3 is 3. The number of carbonyl (C=O) groups excluding carboxylic acids is 2. The van der Waals surface area contributed by atoms with E-state index in [0.717, 1.165) is 37.9 Å². The second kappa shape index (κ2) is 10.3. The van der Waals surface area contributed by atoms with Crippen LogP contribution >= 0.6 is 0 Å². The number of hydrogen-bond donors (Lipinski definition) is 0. The maximum Gasteiger partial charge on any atom is 0.337 e. The van der Waals surface area contributed by atoms with Gasteiger partial charge in [-0.1, -0.05) is 46.2 Å². The van der Waals surface area contributed by atoms with E-state index in [1.807, 2.05) is 18.2 Å². The van der Waals surface area contributed by atoms with E-state index in [1.54, 1.807) is 14.2 Å². The number of ketones is 1. The minimum atomic E-state index is -0.561. The molecule has 2 aliphatic heterocycles. The van der Waals surface area contributed by atoms with Crippen LogP contribution in [0.4, 0.5) is 0 Å². The number of esters is 1. The summed E-state index contributed by atoms with van der Waals surface area (Å²) in [6, 6.07) is 5.91. The molecule has 0 radical (unpaired) electrons. The molecule has 3 rings (SSSR count). The highest BCUT2D eigenvalue weighted by Gasteiger charge is 2.54. The number of Topliss-reactive ketones (excluding diaryl/α,β-unsaturated/α-hetero) is 1. The summed E-state index contributed by atoms with van der Waals surface area (Å²) in [5.74, 6) is 0.998. The normalized spacial score (nSPS) is 27.9. The van der Waals surface area contributed by atoms with Crippen LogP contribution in [0.1, 0.15) is 68.8 Å². The topological polar surface area (TPSA) is 65.1 Å². The predicted molar refractivity (Wildman–Crippen MR) is 128 cm³/mol. The zero-order chi connectivity index (χ0) is 24.3. The van der Waals surface area contributed by atoms with Crippen LogP contribution in [0.3, 0.4) is 0 Å². The highest BCUT2D eigenvalue weighted by Crippen LogP contribution is 2.49. The van der Waals surface area contributed by atoms with Gasteiger partial charge < -0.3 is 14.2 Å². The van der Waals surface area contributed by atoms with Crippen molar-refractivity contribution in [3.8, 4) is 5.75 Å². The predicted octanol–water partition coefficient (Wildman–Crippen LogP) is 4.83. The third-order valence-electron chi connectivity index (χ3n) is 7.83. The number of hydrogen-bond acceptors (Lipinski definition) is 6. The van der Waals surface area contributed by atoms with Crippen LogP contribution in [0.2, 0.25) is 0 Å². The van der Waals surface area contributed by atoms with Crippen molar-refractivity contribution < 1.29 is 23.8 Å². The number of piperidine rings is 1. The van der Waals surface area contributed by atoms with Gasteiger partial charge in [0.25, 0.3) is 0 Å². The highest BCUT2D eigenvalue weighted by atomic mass is 16.5. The largest absolute Gasteiger partial charge is 0.504 e. The highest BCUT2D eigenvalue weighted by molar-refractivity contribution is 6.03. The van der Waals surface area contributed by atoms with E-state index in [0.29, 0.717) is 22.8 Å². The summed E-state index contributed by atoms with van der Waals surface area (Å²) in [5, 5.41) is 0. The number of benzene rings is 1. The van der Waals surface area contributed by atoms with Gasteiger partial charge in [0.1, 0.15) is 5.75 Å². The maximum absolute atomic E-state index is 14.1. The minimum absolute atomic E-state index is 0.0160. The summed E-state index contributed by atoms with van der Waals surface area (Å²) in [4.78, 5) is 29.1. The van der Waals surface area contributed by atoms with Crippen LogP contribution < -0.4 is 4.74 Å². The van der Waals surface area contributed by atoms with Crippen molar-refractivity contribution in [2.75, 3.05) is 34.4 Å². The van der Waals surface area contributed by atoms with E-state index in [9.17, 15) is 9.59 Å². The molecule has 1 aromatic carbocycles. The van der Waals surface area contributed by atoms with E-state index < -0.39 is 5.41 Å². The lowest BCUT2D eigenvalue weighted by Crippen LogP contribution is -2.51. The third-order valence-corrected chi connectivity index (χ3v) is 7.83. The summed E-state index contributed by atoms with van der Waals surface area (Å²) in [6.45, 7) is 10.2. The number of ether oxygens (including phenoxy) is 3. The molecule has 0 aromatic heterocycles.